The summed E-state index contributed by atoms with van der Waals surface area (Å²) in [6.07, 6.45) is 6.21. The zero-order valence-electron chi connectivity index (χ0n) is 11.0. The second-order valence-corrected chi connectivity index (χ2v) is 6.07. The van der Waals surface area contributed by atoms with E-state index in [-0.39, 0.29) is 11.5 Å². The van der Waals surface area contributed by atoms with Gasteiger partial charge < -0.3 is 15.5 Å². The lowest BCUT2D eigenvalue weighted by Crippen LogP contribution is -2.21. The Balaban J connectivity index is 1.75. The molecule has 0 saturated heterocycles. The van der Waals surface area contributed by atoms with Crippen LogP contribution in [0, 0.1) is 0 Å². The quantitative estimate of drug-likeness (QED) is 0.808. The fourth-order valence-corrected chi connectivity index (χ4v) is 3.37. The Morgan fingerprint density at radius 3 is 2.65 bits per heavy atom. The van der Waals surface area contributed by atoms with Crippen LogP contribution in [0.15, 0.2) is 18.2 Å². The van der Waals surface area contributed by atoms with Crippen molar-refractivity contribution in [2.75, 3.05) is 5.32 Å². The van der Waals surface area contributed by atoms with Crippen molar-refractivity contribution in [1.82, 2.24) is 10.2 Å². The highest BCUT2D eigenvalue weighted by Crippen LogP contribution is 2.35. The average molecular weight is 291 g/mol. The van der Waals surface area contributed by atoms with Crippen LogP contribution in [-0.4, -0.2) is 26.5 Å². The molecule has 106 valence electrons. The molecule has 20 heavy (non-hydrogen) atoms. The van der Waals surface area contributed by atoms with Crippen molar-refractivity contribution in [2.45, 2.75) is 38.1 Å². The van der Waals surface area contributed by atoms with Crippen molar-refractivity contribution in [3.63, 3.8) is 0 Å². The highest BCUT2D eigenvalue weighted by molar-refractivity contribution is 7.18. The predicted molar refractivity (Wildman–Crippen MR) is 79.2 cm³/mol. The van der Waals surface area contributed by atoms with Crippen molar-refractivity contribution in [3.8, 4) is 22.1 Å². The first-order chi connectivity index (χ1) is 9.72. The van der Waals surface area contributed by atoms with E-state index >= 15 is 0 Å². The molecule has 1 aromatic heterocycles. The number of hydrogen-bond donors (Lipinski definition) is 3. The first-order valence-corrected chi connectivity index (χ1v) is 7.66. The summed E-state index contributed by atoms with van der Waals surface area (Å²) < 4.78 is 0. The zero-order valence-corrected chi connectivity index (χ0v) is 11.9. The van der Waals surface area contributed by atoms with E-state index in [1.807, 2.05) is 0 Å². The smallest absolute Gasteiger partial charge is 0.206 e. The standard InChI is InChI=1S/C14H17N3O2S/c18-10-6-7-11(12(19)8-10)13-16-17-14(20-13)15-9-4-2-1-3-5-9/h6-9,18-19H,1-5H2,(H,15,17). The van der Waals surface area contributed by atoms with Crippen LogP contribution in [0.5, 0.6) is 11.5 Å². The summed E-state index contributed by atoms with van der Waals surface area (Å²) in [6.45, 7) is 0. The van der Waals surface area contributed by atoms with Crippen LogP contribution in [-0.2, 0) is 0 Å². The molecular formula is C14H17N3O2S. The molecule has 1 fully saturated rings. The van der Waals surface area contributed by atoms with E-state index in [1.54, 1.807) is 6.07 Å². The molecule has 0 amide bonds. The van der Waals surface area contributed by atoms with E-state index in [1.165, 1.54) is 55.6 Å². The molecule has 0 spiro atoms. The number of phenols is 2. The molecule has 6 heteroatoms. The molecule has 3 rings (SSSR count). The van der Waals surface area contributed by atoms with Crippen LogP contribution in [0.1, 0.15) is 32.1 Å². The molecule has 2 aromatic rings. The van der Waals surface area contributed by atoms with Crippen molar-refractivity contribution >= 4 is 16.5 Å². The Hall–Kier alpha value is -1.82. The molecule has 1 saturated carbocycles. The molecule has 0 aliphatic heterocycles. The second kappa shape index (κ2) is 5.66. The van der Waals surface area contributed by atoms with E-state index in [0.717, 1.165) is 5.13 Å². The number of nitrogens with one attached hydrogen (secondary N) is 1. The van der Waals surface area contributed by atoms with Gasteiger partial charge in [-0.2, -0.15) is 0 Å². The normalized spacial score (nSPS) is 16.2. The summed E-state index contributed by atoms with van der Waals surface area (Å²) in [7, 11) is 0. The molecule has 1 aliphatic carbocycles. The van der Waals surface area contributed by atoms with Crippen molar-refractivity contribution in [2.24, 2.45) is 0 Å². The highest BCUT2D eigenvalue weighted by Gasteiger charge is 2.16. The minimum Gasteiger partial charge on any atom is -0.508 e. The van der Waals surface area contributed by atoms with E-state index in [4.69, 9.17) is 0 Å². The second-order valence-electron chi connectivity index (χ2n) is 5.09. The van der Waals surface area contributed by atoms with Gasteiger partial charge in [0.15, 0.2) is 5.01 Å². The average Bonchev–Trinajstić information content (AvgIpc) is 2.88. The number of phenolic OH excluding ortho intramolecular Hbond substituents is 2. The van der Waals surface area contributed by atoms with Crippen molar-refractivity contribution < 1.29 is 10.2 Å². The molecule has 0 radical (unpaired) electrons. The largest absolute Gasteiger partial charge is 0.508 e. The summed E-state index contributed by atoms with van der Waals surface area (Å²) in [5.74, 6) is 0.0571. The van der Waals surface area contributed by atoms with Gasteiger partial charge in [-0.1, -0.05) is 30.6 Å². The minimum absolute atomic E-state index is 0.0189. The van der Waals surface area contributed by atoms with Gasteiger partial charge in [0.25, 0.3) is 0 Å². The SMILES string of the molecule is Oc1ccc(-c2nnc(NC3CCCCC3)s2)c(O)c1. The highest BCUT2D eigenvalue weighted by atomic mass is 32.1. The lowest BCUT2D eigenvalue weighted by molar-refractivity contribution is 0.452. The van der Waals surface area contributed by atoms with Gasteiger partial charge in [0.2, 0.25) is 5.13 Å². The lowest BCUT2D eigenvalue weighted by Gasteiger charge is -2.21. The third-order valence-corrected chi connectivity index (χ3v) is 4.46. The number of aromatic hydroxyl groups is 2. The van der Waals surface area contributed by atoms with E-state index in [0.29, 0.717) is 16.6 Å². The molecule has 5 nitrogen and oxygen atoms in total. The van der Waals surface area contributed by atoms with Crippen molar-refractivity contribution in [3.05, 3.63) is 18.2 Å². The number of hydrogen-bond acceptors (Lipinski definition) is 6. The number of benzene rings is 1. The number of nitrogens with zero attached hydrogens (tertiary/aromatic N) is 2. The summed E-state index contributed by atoms with van der Waals surface area (Å²) >= 11 is 1.42. The molecule has 3 N–H and O–H groups in total. The Labute approximate surface area is 121 Å². The third-order valence-electron chi connectivity index (χ3n) is 3.57. The Bertz CT molecular complexity index is 594. The van der Waals surface area contributed by atoms with Crippen LogP contribution in [0.3, 0.4) is 0 Å². The predicted octanol–water partition coefficient (Wildman–Crippen LogP) is 3.36. The molecule has 1 heterocycles. The maximum Gasteiger partial charge on any atom is 0.206 e. The molecular weight excluding hydrogens is 274 g/mol. The topological polar surface area (TPSA) is 78.3 Å². The Morgan fingerprint density at radius 2 is 1.90 bits per heavy atom. The fourth-order valence-electron chi connectivity index (χ4n) is 2.51. The van der Waals surface area contributed by atoms with E-state index in [2.05, 4.69) is 15.5 Å². The van der Waals surface area contributed by atoms with Gasteiger partial charge in [0.1, 0.15) is 11.5 Å². The third kappa shape index (κ3) is 2.85. The maximum atomic E-state index is 9.83. The van der Waals surface area contributed by atoms with E-state index < -0.39 is 0 Å². The van der Waals surface area contributed by atoms with Crippen LogP contribution < -0.4 is 5.32 Å². The van der Waals surface area contributed by atoms with Gasteiger partial charge >= 0.3 is 0 Å². The fraction of sp³-hybridized carbons (Fsp3) is 0.429. The molecule has 0 bridgehead atoms. The summed E-state index contributed by atoms with van der Waals surface area (Å²) in [5, 5.41) is 32.2. The van der Waals surface area contributed by atoms with E-state index in [9.17, 15) is 10.2 Å². The molecule has 0 atom stereocenters. The number of aromatic nitrogens is 2. The molecule has 1 aliphatic rings. The molecule has 0 unspecified atom stereocenters. The maximum absolute atomic E-state index is 9.83. The summed E-state index contributed by atoms with van der Waals surface area (Å²) in [4.78, 5) is 0. The minimum atomic E-state index is 0.0189. The van der Waals surface area contributed by atoms with Gasteiger partial charge in [-0.05, 0) is 25.0 Å². The van der Waals surface area contributed by atoms with Crippen molar-refractivity contribution in [1.29, 1.82) is 0 Å². The molecule has 1 aromatic carbocycles. The van der Waals surface area contributed by atoms with Gasteiger partial charge in [0, 0.05) is 12.1 Å². The Kier molecular flexibility index (Phi) is 3.73. The first kappa shape index (κ1) is 13.2. The Morgan fingerprint density at radius 1 is 1.10 bits per heavy atom. The summed E-state index contributed by atoms with van der Waals surface area (Å²) in [6, 6.07) is 4.98. The number of anilines is 1. The van der Waals surface area contributed by atoms with Crippen LogP contribution in [0.4, 0.5) is 5.13 Å². The summed E-state index contributed by atoms with van der Waals surface area (Å²) in [5.41, 5.74) is 0.594. The first-order valence-electron chi connectivity index (χ1n) is 6.85. The van der Waals surface area contributed by atoms with Crippen LogP contribution >= 0.6 is 11.3 Å². The number of rotatable bonds is 3. The van der Waals surface area contributed by atoms with Crippen LogP contribution in [0.25, 0.3) is 10.6 Å². The monoisotopic (exact) mass is 291 g/mol. The van der Waals surface area contributed by atoms with Gasteiger partial charge in [-0.15, -0.1) is 10.2 Å². The van der Waals surface area contributed by atoms with Gasteiger partial charge in [-0.3, -0.25) is 0 Å². The van der Waals surface area contributed by atoms with Crippen LogP contribution in [0.2, 0.25) is 0 Å². The van der Waals surface area contributed by atoms with Gasteiger partial charge in [-0.25, -0.2) is 0 Å². The zero-order chi connectivity index (χ0) is 13.9. The lowest BCUT2D eigenvalue weighted by atomic mass is 9.96. The van der Waals surface area contributed by atoms with Gasteiger partial charge in [0.05, 0.1) is 5.56 Å².